The fraction of sp³-hybridized carbons (Fsp3) is 0.350. The molecule has 0 aromatic heterocycles. The van der Waals surface area contributed by atoms with Gasteiger partial charge in [0.1, 0.15) is 12.4 Å². The molecule has 1 N–H and O–H groups in total. The Kier molecular flexibility index (Phi) is 5.68. The molecule has 0 unspecified atom stereocenters. The average Bonchev–Trinajstić information content (AvgIpc) is 2.61. The summed E-state index contributed by atoms with van der Waals surface area (Å²) in [5.41, 5.74) is 3.23. The van der Waals surface area contributed by atoms with Crippen LogP contribution in [-0.2, 0) is 11.3 Å². The maximum Gasteiger partial charge on any atom is 0.241 e. The van der Waals surface area contributed by atoms with Gasteiger partial charge in [0.2, 0.25) is 5.91 Å². The third-order valence-electron chi connectivity index (χ3n) is 4.37. The van der Waals surface area contributed by atoms with Gasteiger partial charge in [-0.3, -0.25) is 9.69 Å². The van der Waals surface area contributed by atoms with Crippen LogP contribution in [0.4, 0.5) is 5.69 Å². The zero-order valence-electron chi connectivity index (χ0n) is 14.5. The zero-order chi connectivity index (χ0) is 17.6. The van der Waals surface area contributed by atoms with Crippen LogP contribution < -0.4 is 9.64 Å². The lowest BCUT2D eigenvalue weighted by atomic mass is 10.1. The van der Waals surface area contributed by atoms with Crippen LogP contribution in [-0.4, -0.2) is 48.8 Å². The minimum Gasteiger partial charge on any atom is -0.491 e. The van der Waals surface area contributed by atoms with Gasteiger partial charge in [0.15, 0.2) is 0 Å². The Labute approximate surface area is 148 Å². The second-order valence-corrected chi connectivity index (χ2v) is 6.26. The van der Waals surface area contributed by atoms with E-state index in [9.17, 15) is 4.79 Å². The molecule has 0 aliphatic carbocycles. The molecule has 2 aromatic carbocycles. The number of anilines is 1. The molecule has 5 heteroatoms. The Morgan fingerprint density at radius 3 is 2.72 bits per heavy atom. The van der Waals surface area contributed by atoms with Crippen LogP contribution in [0.25, 0.3) is 0 Å². The molecule has 1 fully saturated rings. The third kappa shape index (κ3) is 4.38. The lowest BCUT2D eigenvalue weighted by Gasteiger charge is -2.35. The van der Waals surface area contributed by atoms with Crippen molar-refractivity contribution < 1.29 is 14.6 Å². The molecule has 0 radical (unpaired) electrons. The Balaban J connectivity index is 1.62. The zero-order valence-corrected chi connectivity index (χ0v) is 14.5. The molecular formula is C20H24N2O3. The minimum absolute atomic E-state index is 0.000405. The van der Waals surface area contributed by atoms with Gasteiger partial charge in [0, 0.05) is 25.3 Å². The van der Waals surface area contributed by atoms with E-state index in [1.165, 1.54) is 0 Å². The largest absolute Gasteiger partial charge is 0.491 e. The standard InChI is InChI=1S/C20H24N2O3/c1-16-5-2-3-8-19(16)22-10-9-21(15-20(22)24)14-17-6-4-7-18(13-17)25-12-11-23/h2-8,13,23H,9-12,14-15H2,1H3. The summed E-state index contributed by atoms with van der Waals surface area (Å²) in [6.07, 6.45) is 0. The predicted molar refractivity (Wildman–Crippen MR) is 97.8 cm³/mol. The molecule has 0 saturated carbocycles. The molecular weight excluding hydrogens is 316 g/mol. The van der Waals surface area contributed by atoms with Gasteiger partial charge in [0.05, 0.1) is 13.2 Å². The SMILES string of the molecule is Cc1ccccc1N1CCN(Cc2cccc(OCCO)c2)CC1=O. The molecule has 1 saturated heterocycles. The fourth-order valence-corrected chi connectivity index (χ4v) is 3.13. The molecule has 132 valence electrons. The van der Waals surface area contributed by atoms with Gasteiger partial charge in [-0.1, -0.05) is 30.3 Å². The number of nitrogens with zero attached hydrogens (tertiary/aromatic N) is 2. The lowest BCUT2D eigenvalue weighted by Crippen LogP contribution is -2.50. The van der Waals surface area contributed by atoms with E-state index < -0.39 is 0 Å². The predicted octanol–water partition coefficient (Wildman–Crippen LogP) is 2.21. The lowest BCUT2D eigenvalue weighted by molar-refractivity contribution is -0.121. The first-order valence-corrected chi connectivity index (χ1v) is 8.58. The second kappa shape index (κ2) is 8.14. The van der Waals surface area contributed by atoms with Crippen LogP contribution in [0.15, 0.2) is 48.5 Å². The molecule has 5 nitrogen and oxygen atoms in total. The number of aliphatic hydroxyl groups is 1. The van der Waals surface area contributed by atoms with Crippen molar-refractivity contribution >= 4 is 11.6 Å². The first-order chi connectivity index (χ1) is 12.2. The molecule has 0 atom stereocenters. The van der Waals surface area contributed by atoms with E-state index in [4.69, 9.17) is 9.84 Å². The normalized spacial score (nSPS) is 15.4. The van der Waals surface area contributed by atoms with Crippen molar-refractivity contribution in [1.82, 2.24) is 4.90 Å². The van der Waals surface area contributed by atoms with Crippen molar-refractivity contribution in [2.45, 2.75) is 13.5 Å². The number of piperazine rings is 1. The highest BCUT2D eigenvalue weighted by molar-refractivity contribution is 5.96. The molecule has 1 aliphatic heterocycles. The van der Waals surface area contributed by atoms with E-state index in [1.807, 2.05) is 60.4 Å². The molecule has 0 spiro atoms. The maximum atomic E-state index is 12.6. The number of amides is 1. The van der Waals surface area contributed by atoms with Crippen molar-refractivity contribution in [3.05, 3.63) is 59.7 Å². The van der Waals surface area contributed by atoms with Crippen molar-refractivity contribution in [2.24, 2.45) is 0 Å². The van der Waals surface area contributed by atoms with Crippen LogP contribution in [0.2, 0.25) is 0 Å². The Morgan fingerprint density at radius 1 is 1.12 bits per heavy atom. The van der Waals surface area contributed by atoms with Crippen LogP contribution in [0.1, 0.15) is 11.1 Å². The van der Waals surface area contributed by atoms with Crippen molar-refractivity contribution in [2.75, 3.05) is 37.7 Å². The first-order valence-electron chi connectivity index (χ1n) is 8.58. The summed E-state index contributed by atoms with van der Waals surface area (Å²) in [5.74, 6) is 0.879. The summed E-state index contributed by atoms with van der Waals surface area (Å²) in [7, 11) is 0. The summed E-state index contributed by atoms with van der Waals surface area (Å²) in [5, 5.41) is 8.85. The fourth-order valence-electron chi connectivity index (χ4n) is 3.13. The summed E-state index contributed by atoms with van der Waals surface area (Å²) in [4.78, 5) is 16.6. The third-order valence-corrected chi connectivity index (χ3v) is 4.37. The number of benzene rings is 2. The highest BCUT2D eigenvalue weighted by atomic mass is 16.5. The van der Waals surface area contributed by atoms with Crippen LogP contribution in [0, 0.1) is 6.92 Å². The van der Waals surface area contributed by atoms with E-state index in [-0.39, 0.29) is 19.1 Å². The monoisotopic (exact) mass is 340 g/mol. The summed E-state index contributed by atoms with van der Waals surface area (Å²) < 4.78 is 5.45. The quantitative estimate of drug-likeness (QED) is 0.876. The molecule has 3 rings (SSSR count). The molecule has 1 heterocycles. The van der Waals surface area contributed by atoms with Gasteiger partial charge in [-0.2, -0.15) is 0 Å². The van der Waals surface area contributed by atoms with Crippen LogP contribution in [0.3, 0.4) is 0 Å². The van der Waals surface area contributed by atoms with E-state index in [2.05, 4.69) is 4.90 Å². The van der Waals surface area contributed by atoms with E-state index >= 15 is 0 Å². The topological polar surface area (TPSA) is 53.0 Å². The van der Waals surface area contributed by atoms with Gasteiger partial charge in [-0.05, 0) is 36.2 Å². The Morgan fingerprint density at radius 2 is 1.96 bits per heavy atom. The smallest absolute Gasteiger partial charge is 0.241 e. The number of hydrogen-bond donors (Lipinski definition) is 1. The molecule has 25 heavy (non-hydrogen) atoms. The summed E-state index contributed by atoms with van der Waals surface area (Å²) in [6.45, 7) is 4.98. The number of rotatable bonds is 6. The van der Waals surface area contributed by atoms with E-state index in [1.54, 1.807) is 0 Å². The van der Waals surface area contributed by atoms with Gasteiger partial charge in [0.25, 0.3) is 0 Å². The van der Waals surface area contributed by atoms with Gasteiger partial charge < -0.3 is 14.7 Å². The van der Waals surface area contributed by atoms with Crippen LogP contribution >= 0.6 is 0 Å². The number of hydrogen-bond acceptors (Lipinski definition) is 4. The first kappa shape index (κ1) is 17.5. The maximum absolute atomic E-state index is 12.6. The Bertz CT molecular complexity index is 732. The number of carbonyl (C=O) groups is 1. The van der Waals surface area contributed by atoms with Crippen molar-refractivity contribution in [3.8, 4) is 5.75 Å². The second-order valence-electron chi connectivity index (χ2n) is 6.26. The number of ether oxygens (including phenoxy) is 1. The molecule has 0 bridgehead atoms. The van der Waals surface area contributed by atoms with E-state index in [0.29, 0.717) is 19.6 Å². The number of carbonyl (C=O) groups excluding carboxylic acids is 1. The molecule has 2 aromatic rings. The average molecular weight is 340 g/mol. The highest BCUT2D eigenvalue weighted by Crippen LogP contribution is 2.22. The van der Waals surface area contributed by atoms with Crippen molar-refractivity contribution in [3.63, 3.8) is 0 Å². The molecule has 1 amide bonds. The summed E-state index contributed by atoms with van der Waals surface area (Å²) >= 11 is 0. The van der Waals surface area contributed by atoms with Gasteiger partial charge in [-0.15, -0.1) is 0 Å². The number of aliphatic hydroxyl groups excluding tert-OH is 1. The minimum atomic E-state index is -0.000405. The highest BCUT2D eigenvalue weighted by Gasteiger charge is 2.25. The van der Waals surface area contributed by atoms with Crippen LogP contribution in [0.5, 0.6) is 5.75 Å². The Hall–Kier alpha value is -2.37. The number of para-hydroxylation sites is 1. The van der Waals surface area contributed by atoms with Gasteiger partial charge in [-0.25, -0.2) is 0 Å². The van der Waals surface area contributed by atoms with Crippen molar-refractivity contribution in [1.29, 1.82) is 0 Å². The number of aryl methyl sites for hydroxylation is 1. The molecule has 1 aliphatic rings. The van der Waals surface area contributed by atoms with E-state index in [0.717, 1.165) is 29.1 Å². The summed E-state index contributed by atoms with van der Waals surface area (Å²) in [6, 6.07) is 15.8. The van der Waals surface area contributed by atoms with Gasteiger partial charge >= 0.3 is 0 Å².